The molecular formula is C13H7BrCl2F2N2S. The Morgan fingerprint density at radius 1 is 1.14 bits per heavy atom. The summed E-state index contributed by atoms with van der Waals surface area (Å²) < 4.78 is 27.7. The van der Waals surface area contributed by atoms with Gasteiger partial charge in [-0.2, -0.15) is 0 Å². The molecule has 0 spiro atoms. The second-order valence-electron chi connectivity index (χ2n) is 4.03. The van der Waals surface area contributed by atoms with E-state index in [1.165, 1.54) is 18.2 Å². The molecule has 0 amide bonds. The highest BCUT2D eigenvalue weighted by Crippen LogP contribution is 2.32. The average Bonchev–Trinajstić information content (AvgIpc) is 2.41. The van der Waals surface area contributed by atoms with Gasteiger partial charge in [0.15, 0.2) is 11.6 Å². The van der Waals surface area contributed by atoms with Crippen LogP contribution in [-0.2, 0) is 0 Å². The topological polar surface area (TPSA) is 38.0 Å². The van der Waals surface area contributed by atoms with Crippen molar-refractivity contribution in [2.24, 2.45) is 5.73 Å². The van der Waals surface area contributed by atoms with Crippen LogP contribution >= 0.6 is 51.3 Å². The number of rotatable bonds is 3. The molecule has 0 radical (unpaired) electrons. The fourth-order valence-electron chi connectivity index (χ4n) is 1.62. The molecule has 0 bridgehead atoms. The first-order valence-electron chi connectivity index (χ1n) is 5.50. The molecule has 0 fully saturated rings. The lowest BCUT2D eigenvalue weighted by atomic mass is 10.2. The highest BCUT2D eigenvalue weighted by atomic mass is 79.9. The summed E-state index contributed by atoms with van der Waals surface area (Å²) in [6.07, 6.45) is 0. The Morgan fingerprint density at radius 2 is 1.71 bits per heavy atom. The van der Waals surface area contributed by atoms with Crippen molar-refractivity contribution < 1.29 is 8.78 Å². The zero-order valence-electron chi connectivity index (χ0n) is 10.2. The number of nitrogens with one attached hydrogen (secondary N) is 1. The minimum atomic E-state index is -0.727. The monoisotopic (exact) mass is 410 g/mol. The molecule has 0 aliphatic carbocycles. The Kier molecular flexibility index (Phi) is 5.03. The summed E-state index contributed by atoms with van der Waals surface area (Å²) >= 11 is 19.3. The standard InChI is InChI=1S/C13H7BrCl2F2N2S/c14-10-6(13(19)21)1-2-9(12(10)18)20-5-3-7(15)11(17)8(16)4-5/h1-4,20H,(H2,19,21). The Balaban J connectivity index is 2.41. The van der Waals surface area contributed by atoms with Crippen LogP contribution in [0.15, 0.2) is 28.7 Å². The van der Waals surface area contributed by atoms with Gasteiger partial charge in [0, 0.05) is 11.3 Å². The van der Waals surface area contributed by atoms with Crippen LogP contribution in [0.5, 0.6) is 0 Å². The first kappa shape index (κ1) is 16.4. The molecule has 0 saturated carbocycles. The van der Waals surface area contributed by atoms with E-state index in [4.69, 9.17) is 41.2 Å². The lowest BCUT2D eigenvalue weighted by Crippen LogP contribution is -2.11. The molecule has 3 N–H and O–H groups in total. The van der Waals surface area contributed by atoms with Crippen molar-refractivity contribution in [1.82, 2.24) is 0 Å². The molecular weight excluding hydrogens is 405 g/mol. The molecule has 0 aliphatic heterocycles. The van der Waals surface area contributed by atoms with Crippen molar-refractivity contribution in [1.29, 1.82) is 0 Å². The van der Waals surface area contributed by atoms with Gasteiger partial charge < -0.3 is 11.1 Å². The Morgan fingerprint density at radius 3 is 2.24 bits per heavy atom. The number of halogens is 5. The molecule has 0 aliphatic rings. The van der Waals surface area contributed by atoms with Crippen molar-refractivity contribution >= 4 is 67.7 Å². The zero-order chi connectivity index (χ0) is 15.7. The van der Waals surface area contributed by atoms with Crippen molar-refractivity contribution in [2.45, 2.75) is 0 Å². The third-order valence-corrected chi connectivity index (χ3v) is 4.16. The maximum Gasteiger partial charge on any atom is 0.161 e. The van der Waals surface area contributed by atoms with Gasteiger partial charge in [-0.25, -0.2) is 8.78 Å². The molecule has 2 rings (SSSR count). The second-order valence-corrected chi connectivity index (χ2v) is 6.08. The van der Waals surface area contributed by atoms with Gasteiger partial charge in [-0.05, 0) is 40.2 Å². The van der Waals surface area contributed by atoms with Crippen LogP contribution < -0.4 is 11.1 Å². The summed E-state index contributed by atoms with van der Waals surface area (Å²) in [4.78, 5) is 0.0696. The zero-order valence-corrected chi connectivity index (χ0v) is 14.1. The minimum Gasteiger partial charge on any atom is -0.389 e. The van der Waals surface area contributed by atoms with Gasteiger partial charge >= 0.3 is 0 Å². The van der Waals surface area contributed by atoms with Crippen molar-refractivity contribution in [3.63, 3.8) is 0 Å². The number of nitrogens with two attached hydrogens (primary N) is 1. The van der Waals surface area contributed by atoms with Crippen molar-refractivity contribution in [3.05, 3.63) is 56.0 Å². The van der Waals surface area contributed by atoms with Gasteiger partial charge in [0.25, 0.3) is 0 Å². The highest BCUT2D eigenvalue weighted by molar-refractivity contribution is 9.10. The van der Waals surface area contributed by atoms with E-state index in [1.807, 2.05) is 0 Å². The van der Waals surface area contributed by atoms with Crippen LogP contribution in [0.25, 0.3) is 0 Å². The van der Waals surface area contributed by atoms with E-state index in [9.17, 15) is 8.78 Å². The van der Waals surface area contributed by atoms with Gasteiger partial charge in [0.1, 0.15) is 4.99 Å². The van der Waals surface area contributed by atoms with Gasteiger partial charge in [-0.1, -0.05) is 35.4 Å². The molecule has 2 nitrogen and oxygen atoms in total. The van der Waals surface area contributed by atoms with E-state index < -0.39 is 11.6 Å². The lowest BCUT2D eigenvalue weighted by molar-refractivity contribution is 0.624. The summed E-state index contributed by atoms with van der Waals surface area (Å²) in [5.74, 6) is -1.31. The lowest BCUT2D eigenvalue weighted by Gasteiger charge is -2.12. The molecule has 21 heavy (non-hydrogen) atoms. The minimum absolute atomic E-state index is 0.0696. The first-order valence-corrected chi connectivity index (χ1v) is 7.46. The van der Waals surface area contributed by atoms with E-state index >= 15 is 0 Å². The van der Waals surface area contributed by atoms with Crippen LogP contribution in [0.2, 0.25) is 10.0 Å². The van der Waals surface area contributed by atoms with Gasteiger partial charge in [0.2, 0.25) is 0 Å². The van der Waals surface area contributed by atoms with Gasteiger partial charge in [0.05, 0.1) is 20.2 Å². The second kappa shape index (κ2) is 6.44. The SMILES string of the molecule is NC(=S)c1ccc(Nc2cc(Cl)c(F)c(Cl)c2)c(F)c1Br. The molecule has 0 saturated heterocycles. The smallest absolute Gasteiger partial charge is 0.161 e. The number of benzene rings is 2. The van der Waals surface area contributed by atoms with E-state index in [0.29, 0.717) is 11.3 Å². The summed E-state index contributed by atoms with van der Waals surface area (Å²) in [7, 11) is 0. The highest BCUT2D eigenvalue weighted by Gasteiger charge is 2.14. The summed E-state index contributed by atoms with van der Waals surface area (Å²) in [5, 5.41) is 2.44. The third-order valence-electron chi connectivity index (χ3n) is 2.61. The number of hydrogen-bond donors (Lipinski definition) is 2. The summed E-state index contributed by atoms with van der Waals surface area (Å²) in [5.41, 5.74) is 6.35. The van der Waals surface area contributed by atoms with Gasteiger partial charge in [-0.15, -0.1) is 0 Å². The maximum absolute atomic E-state index is 14.2. The van der Waals surface area contributed by atoms with Gasteiger partial charge in [-0.3, -0.25) is 0 Å². The molecule has 110 valence electrons. The van der Waals surface area contributed by atoms with E-state index in [0.717, 1.165) is 0 Å². The number of thiocarbonyl (C=S) groups is 1. The number of hydrogen-bond acceptors (Lipinski definition) is 2. The predicted molar refractivity (Wildman–Crippen MR) is 89.7 cm³/mol. The van der Waals surface area contributed by atoms with Crippen LogP contribution in [0.1, 0.15) is 5.56 Å². The van der Waals surface area contributed by atoms with E-state index in [1.54, 1.807) is 6.07 Å². The fraction of sp³-hybridized carbons (Fsp3) is 0. The average molecular weight is 412 g/mol. The Bertz CT molecular complexity index is 717. The van der Waals surface area contributed by atoms with E-state index in [-0.39, 0.29) is 25.2 Å². The predicted octanol–water partition coefficient (Wildman–Crippen LogP) is 5.41. The van der Waals surface area contributed by atoms with Crippen LogP contribution in [-0.4, -0.2) is 4.99 Å². The number of anilines is 2. The molecule has 8 heteroatoms. The molecule has 0 aromatic heterocycles. The van der Waals surface area contributed by atoms with Crippen molar-refractivity contribution in [3.8, 4) is 0 Å². The third kappa shape index (κ3) is 3.45. The quantitative estimate of drug-likeness (QED) is 0.523. The Hall–Kier alpha value is -0.950. The summed E-state index contributed by atoms with van der Waals surface area (Å²) in [6.45, 7) is 0. The molecule has 0 heterocycles. The Labute approximate surface area is 143 Å². The summed E-state index contributed by atoms with van der Waals surface area (Å²) in [6, 6.07) is 5.62. The molecule has 0 atom stereocenters. The van der Waals surface area contributed by atoms with Crippen LogP contribution in [0.3, 0.4) is 0 Å². The maximum atomic E-state index is 14.2. The molecule has 2 aromatic rings. The van der Waals surface area contributed by atoms with Crippen LogP contribution in [0, 0.1) is 11.6 Å². The fourth-order valence-corrected chi connectivity index (χ4v) is 2.97. The largest absolute Gasteiger partial charge is 0.389 e. The normalized spacial score (nSPS) is 10.5. The molecule has 2 aromatic carbocycles. The van der Waals surface area contributed by atoms with Crippen molar-refractivity contribution in [2.75, 3.05) is 5.32 Å². The van der Waals surface area contributed by atoms with Crippen LogP contribution in [0.4, 0.5) is 20.2 Å². The molecule has 0 unspecified atom stereocenters. The van der Waals surface area contributed by atoms with E-state index in [2.05, 4.69) is 21.2 Å². The first-order chi connectivity index (χ1) is 9.81.